The minimum absolute atomic E-state index is 0.0800. The highest BCUT2D eigenvalue weighted by molar-refractivity contribution is 9.10. The largest absolute Gasteiger partial charge is 0.273 e. The van der Waals surface area contributed by atoms with Gasteiger partial charge < -0.3 is 0 Å². The second kappa shape index (κ2) is 5.83. The number of nitrogens with one attached hydrogen (secondary N) is 1. The fourth-order valence-electron chi connectivity index (χ4n) is 1.84. The summed E-state index contributed by atoms with van der Waals surface area (Å²) in [6.07, 6.45) is 1.89. The molecule has 1 aromatic carbocycles. The Labute approximate surface area is 120 Å². The Balaban J connectivity index is 1.93. The Morgan fingerprint density at radius 3 is 2.79 bits per heavy atom. The summed E-state index contributed by atoms with van der Waals surface area (Å²) in [5, 5.41) is 3.85. The van der Waals surface area contributed by atoms with Crippen molar-refractivity contribution in [2.24, 2.45) is 11.0 Å². The van der Waals surface area contributed by atoms with Crippen LogP contribution in [-0.2, 0) is 14.6 Å². The Morgan fingerprint density at radius 1 is 1.42 bits per heavy atom. The summed E-state index contributed by atoms with van der Waals surface area (Å²) in [5.41, 5.74) is 3.22. The summed E-state index contributed by atoms with van der Waals surface area (Å²) >= 11 is 3.36. The molecule has 0 bridgehead atoms. The molecule has 1 fully saturated rings. The number of halogens is 1. The lowest BCUT2D eigenvalue weighted by atomic mass is 10.1. The van der Waals surface area contributed by atoms with Crippen molar-refractivity contribution >= 4 is 37.9 Å². The van der Waals surface area contributed by atoms with Crippen molar-refractivity contribution in [2.75, 3.05) is 11.5 Å². The fraction of sp³-hybridized carbons (Fsp3) is 0.333. The van der Waals surface area contributed by atoms with Gasteiger partial charge in [-0.2, -0.15) is 5.10 Å². The summed E-state index contributed by atoms with van der Waals surface area (Å²) in [7, 11) is -3.04. The van der Waals surface area contributed by atoms with E-state index in [-0.39, 0.29) is 17.4 Å². The molecule has 0 unspecified atom stereocenters. The van der Waals surface area contributed by atoms with Crippen LogP contribution in [0.5, 0.6) is 0 Å². The van der Waals surface area contributed by atoms with Gasteiger partial charge in [-0.05, 0) is 12.5 Å². The number of hydrazone groups is 1. The standard InChI is InChI=1S/C12H13BrN2O3S/c13-11-4-2-1-3-9(11)7-14-15-12(16)10-5-6-19(17,18)8-10/h1-4,7,10H,5-6,8H2,(H,15,16)/b14-7-/t10-/m1/s1. The molecule has 19 heavy (non-hydrogen) atoms. The number of carbonyl (C=O) groups is 1. The Kier molecular flexibility index (Phi) is 4.36. The second-order valence-corrected chi connectivity index (χ2v) is 7.44. The zero-order valence-corrected chi connectivity index (χ0v) is 12.4. The van der Waals surface area contributed by atoms with Crippen LogP contribution >= 0.6 is 15.9 Å². The summed E-state index contributed by atoms with van der Waals surface area (Å²) in [6, 6.07) is 7.45. The third-order valence-electron chi connectivity index (χ3n) is 2.89. The van der Waals surface area contributed by atoms with Crippen molar-refractivity contribution in [1.29, 1.82) is 0 Å². The average Bonchev–Trinajstić information content (AvgIpc) is 2.72. The molecule has 0 aliphatic carbocycles. The number of hydrogen-bond donors (Lipinski definition) is 1. The van der Waals surface area contributed by atoms with Crippen LogP contribution in [-0.4, -0.2) is 32.0 Å². The topological polar surface area (TPSA) is 75.6 Å². The van der Waals surface area contributed by atoms with E-state index in [4.69, 9.17) is 0 Å². The predicted molar refractivity (Wildman–Crippen MR) is 76.6 cm³/mol. The summed E-state index contributed by atoms with van der Waals surface area (Å²) in [4.78, 5) is 11.7. The monoisotopic (exact) mass is 344 g/mol. The van der Waals surface area contributed by atoms with Gasteiger partial charge in [-0.15, -0.1) is 0 Å². The van der Waals surface area contributed by atoms with E-state index in [1.54, 1.807) is 0 Å². The number of nitrogens with zero attached hydrogens (tertiary/aromatic N) is 1. The molecule has 1 N–H and O–H groups in total. The van der Waals surface area contributed by atoms with E-state index in [0.717, 1.165) is 10.0 Å². The molecule has 1 aliphatic rings. The van der Waals surface area contributed by atoms with E-state index < -0.39 is 15.8 Å². The molecule has 0 radical (unpaired) electrons. The molecule has 1 aromatic rings. The normalized spacial score (nSPS) is 21.6. The maximum absolute atomic E-state index is 11.7. The highest BCUT2D eigenvalue weighted by atomic mass is 79.9. The number of benzene rings is 1. The first kappa shape index (κ1) is 14.2. The molecule has 1 saturated heterocycles. The van der Waals surface area contributed by atoms with Gasteiger partial charge in [-0.3, -0.25) is 4.79 Å². The van der Waals surface area contributed by atoms with E-state index in [0.29, 0.717) is 6.42 Å². The summed E-state index contributed by atoms with van der Waals surface area (Å²) < 4.78 is 23.4. The van der Waals surface area contributed by atoms with Crippen LogP contribution in [0.2, 0.25) is 0 Å². The lowest BCUT2D eigenvalue weighted by Crippen LogP contribution is -2.27. The van der Waals surface area contributed by atoms with Crippen molar-refractivity contribution in [1.82, 2.24) is 5.43 Å². The first-order valence-corrected chi connectivity index (χ1v) is 8.37. The van der Waals surface area contributed by atoms with Crippen molar-refractivity contribution < 1.29 is 13.2 Å². The summed E-state index contributed by atoms with van der Waals surface area (Å²) in [6.45, 7) is 0. The van der Waals surface area contributed by atoms with Crippen LogP contribution in [0, 0.1) is 5.92 Å². The molecular formula is C12H13BrN2O3S. The second-order valence-electron chi connectivity index (χ2n) is 4.36. The summed E-state index contributed by atoms with van der Waals surface area (Å²) in [5.74, 6) is -0.826. The zero-order chi connectivity index (χ0) is 13.9. The van der Waals surface area contributed by atoms with Crippen LogP contribution in [0.3, 0.4) is 0 Å². The van der Waals surface area contributed by atoms with Gasteiger partial charge in [0.05, 0.1) is 23.6 Å². The molecule has 102 valence electrons. The van der Waals surface area contributed by atoms with Crippen LogP contribution in [0.15, 0.2) is 33.8 Å². The Hall–Kier alpha value is -1.21. The van der Waals surface area contributed by atoms with Crippen LogP contribution in [0.4, 0.5) is 0 Å². The lowest BCUT2D eigenvalue weighted by Gasteiger charge is -2.04. The van der Waals surface area contributed by atoms with Crippen molar-refractivity contribution in [3.63, 3.8) is 0 Å². The van der Waals surface area contributed by atoms with E-state index >= 15 is 0 Å². The third kappa shape index (κ3) is 3.87. The average molecular weight is 345 g/mol. The number of sulfone groups is 1. The highest BCUT2D eigenvalue weighted by Crippen LogP contribution is 2.18. The van der Waals surface area contributed by atoms with Crippen molar-refractivity contribution in [3.05, 3.63) is 34.3 Å². The van der Waals surface area contributed by atoms with Gasteiger partial charge in [0.25, 0.3) is 0 Å². The van der Waals surface area contributed by atoms with Gasteiger partial charge in [0.1, 0.15) is 0 Å². The molecule has 1 atom stereocenters. The first-order chi connectivity index (χ1) is 8.98. The van der Waals surface area contributed by atoms with Gasteiger partial charge in [0.15, 0.2) is 9.84 Å². The quantitative estimate of drug-likeness (QED) is 0.663. The van der Waals surface area contributed by atoms with Crippen LogP contribution in [0.1, 0.15) is 12.0 Å². The number of hydrogen-bond acceptors (Lipinski definition) is 4. The van der Waals surface area contributed by atoms with Gasteiger partial charge in [0, 0.05) is 10.0 Å². The maximum Gasteiger partial charge on any atom is 0.244 e. The molecule has 7 heteroatoms. The van der Waals surface area contributed by atoms with E-state index in [9.17, 15) is 13.2 Å². The highest BCUT2D eigenvalue weighted by Gasteiger charge is 2.32. The van der Waals surface area contributed by atoms with Gasteiger partial charge >= 0.3 is 0 Å². The Morgan fingerprint density at radius 2 is 2.16 bits per heavy atom. The molecule has 1 aliphatic heterocycles. The van der Waals surface area contributed by atoms with Crippen LogP contribution < -0.4 is 5.43 Å². The molecule has 0 aromatic heterocycles. The smallest absolute Gasteiger partial charge is 0.244 e. The minimum Gasteiger partial charge on any atom is -0.273 e. The van der Waals surface area contributed by atoms with E-state index in [1.807, 2.05) is 24.3 Å². The molecule has 5 nitrogen and oxygen atoms in total. The predicted octanol–water partition coefficient (Wildman–Crippen LogP) is 1.33. The molecule has 1 heterocycles. The van der Waals surface area contributed by atoms with Crippen molar-refractivity contribution in [3.8, 4) is 0 Å². The number of rotatable bonds is 3. The first-order valence-electron chi connectivity index (χ1n) is 5.76. The number of amides is 1. The molecule has 2 rings (SSSR count). The number of carbonyl (C=O) groups excluding carboxylic acids is 1. The molecule has 0 saturated carbocycles. The van der Waals surface area contributed by atoms with E-state index in [2.05, 4.69) is 26.5 Å². The van der Waals surface area contributed by atoms with Gasteiger partial charge in [-0.1, -0.05) is 34.1 Å². The molecule has 1 amide bonds. The van der Waals surface area contributed by atoms with Crippen molar-refractivity contribution in [2.45, 2.75) is 6.42 Å². The Bertz CT molecular complexity index is 613. The third-order valence-corrected chi connectivity index (χ3v) is 5.38. The SMILES string of the molecule is O=C(N/N=C\c1ccccc1Br)[C@@H]1CCS(=O)(=O)C1. The van der Waals surface area contributed by atoms with Gasteiger partial charge in [0.2, 0.25) is 5.91 Å². The molecule has 0 spiro atoms. The molecular weight excluding hydrogens is 332 g/mol. The fourth-order valence-corrected chi connectivity index (χ4v) is 3.97. The maximum atomic E-state index is 11.7. The van der Waals surface area contributed by atoms with E-state index in [1.165, 1.54) is 6.21 Å². The van der Waals surface area contributed by atoms with Crippen LogP contribution in [0.25, 0.3) is 0 Å². The zero-order valence-electron chi connectivity index (χ0n) is 10.0. The van der Waals surface area contributed by atoms with Gasteiger partial charge in [-0.25, -0.2) is 13.8 Å². The lowest BCUT2D eigenvalue weighted by molar-refractivity contribution is -0.124. The minimum atomic E-state index is -3.04.